The molecule has 2 heterocycles. The van der Waals surface area contributed by atoms with E-state index in [1.807, 2.05) is 31.3 Å². The van der Waals surface area contributed by atoms with Crippen LogP contribution in [0.3, 0.4) is 0 Å². The second-order valence-corrected chi connectivity index (χ2v) is 4.41. The van der Waals surface area contributed by atoms with Gasteiger partial charge in [-0.1, -0.05) is 6.07 Å². The van der Waals surface area contributed by atoms with Gasteiger partial charge in [0.15, 0.2) is 0 Å². The lowest BCUT2D eigenvalue weighted by Crippen LogP contribution is -2.33. The average Bonchev–Trinajstić information content (AvgIpc) is 2.33. The largest absolute Gasteiger partial charge is 0.294 e. The van der Waals surface area contributed by atoms with E-state index >= 15 is 0 Å². The molecule has 0 bridgehead atoms. The summed E-state index contributed by atoms with van der Waals surface area (Å²) in [4.78, 5) is 4.31. The van der Waals surface area contributed by atoms with Crippen molar-refractivity contribution < 1.29 is 0 Å². The molecule has 0 amide bonds. The SMILES string of the molecule is C/C(=N\N1CCCC[C@@H]1C)c1ccccn1. The highest BCUT2D eigenvalue weighted by molar-refractivity contribution is 5.96. The molecule has 3 heteroatoms. The summed E-state index contributed by atoms with van der Waals surface area (Å²) >= 11 is 0. The molecule has 0 N–H and O–H groups in total. The van der Waals surface area contributed by atoms with Crippen LogP contribution in [-0.2, 0) is 0 Å². The summed E-state index contributed by atoms with van der Waals surface area (Å²) in [7, 11) is 0. The summed E-state index contributed by atoms with van der Waals surface area (Å²) in [6.07, 6.45) is 5.64. The highest BCUT2D eigenvalue weighted by atomic mass is 15.5. The van der Waals surface area contributed by atoms with Gasteiger partial charge in [-0.05, 0) is 45.2 Å². The first kappa shape index (κ1) is 11.1. The zero-order valence-corrected chi connectivity index (χ0v) is 10.1. The average molecular weight is 217 g/mol. The fraction of sp³-hybridized carbons (Fsp3) is 0.538. The molecular formula is C13H19N3. The minimum atomic E-state index is 0.562. The van der Waals surface area contributed by atoms with Crippen molar-refractivity contribution in [1.82, 2.24) is 9.99 Å². The standard InChI is InChI=1S/C13H19N3/c1-11-7-4-6-10-16(11)15-12(2)13-8-3-5-9-14-13/h3,5,8-9,11H,4,6-7,10H2,1-2H3/b15-12+/t11-/m0/s1. The molecule has 0 aliphatic carbocycles. The predicted molar refractivity (Wildman–Crippen MR) is 66.5 cm³/mol. The molecule has 0 radical (unpaired) electrons. The minimum absolute atomic E-state index is 0.562. The number of pyridine rings is 1. The topological polar surface area (TPSA) is 28.5 Å². The molecule has 1 aromatic rings. The van der Waals surface area contributed by atoms with Gasteiger partial charge >= 0.3 is 0 Å². The van der Waals surface area contributed by atoms with Crippen LogP contribution in [0.2, 0.25) is 0 Å². The maximum absolute atomic E-state index is 4.67. The fourth-order valence-electron chi connectivity index (χ4n) is 2.05. The molecule has 2 rings (SSSR count). The van der Waals surface area contributed by atoms with Gasteiger partial charge in [-0.15, -0.1) is 0 Å². The van der Waals surface area contributed by atoms with E-state index in [1.54, 1.807) is 0 Å². The van der Waals surface area contributed by atoms with Crippen LogP contribution in [0.15, 0.2) is 29.5 Å². The van der Waals surface area contributed by atoms with Gasteiger partial charge in [0, 0.05) is 18.8 Å². The van der Waals surface area contributed by atoms with Crippen molar-refractivity contribution in [2.75, 3.05) is 6.54 Å². The Morgan fingerprint density at radius 3 is 3.00 bits per heavy atom. The summed E-state index contributed by atoms with van der Waals surface area (Å²) in [5.74, 6) is 0. The van der Waals surface area contributed by atoms with Crippen LogP contribution in [0.25, 0.3) is 0 Å². The Labute approximate surface area is 97.2 Å². The summed E-state index contributed by atoms with van der Waals surface area (Å²) in [6.45, 7) is 5.35. The van der Waals surface area contributed by atoms with Gasteiger partial charge in [-0.3, -0.25) is 9.99 Å². The van der Waals surface area contributed by atoms with Gasteiger partial charge in [0.1, 0.15) is 0 Å². The molecule has 0 spiro atoms. The normalized spacial score (nSPS) is 22.2. The molecule has 1 aliphatic rings. The zero-order chi connectivity index (χ0) is 11.4. The van der Waals surface area contributed by atoms with Gasteiger partial charge in [0.2, 0.25) is 0 Å². The number of hydrazone groups is 1. The molecule has 1 atom stereocenters. The fourth-order valence-corrected chi connectivity index (χ4v) is 2.05. The first-order valence-corrected chi connectivity index (χ1v) is 6.00. The lowest BCUT2D eigenvalue weighted by atomic mass is 10.1. The Morgan fingerprint density at radius 2 is 2.31 bits per heavy atom. The molecule has 86 valence electrons. The Kier molecular flexibility index (Phi) is 3.54. The molecule has 1 saturated heterocycles. The Bertz CT molecular complexity index is 359. The number of hydrogen-bond acceptors (Lipinski definition) is 3. The van der Waals surface area contributed by atoms with E-state index in [0.29, 0.717) is 6.04 Å². The molecule has 0 aromatic carbocycles. The molecule has 1 aromatic heterocycles. The molecule has 0 unspecified atom stereocenters. The quantitative estimate of drug-likeness (QED) is 0.712. The van der Waals surface area contributed by atoms with Gasteiger partial charge in [0.05, 0.1) is 11.4 Å². The van der Waals surface area contributed by atoms with Crippen LogP contribution >= 0.6 is 0 Å². The van der Waals surface area contributed by atoms with Crippen LogP contribution in [0, 0.1) is 0 Å². The number of hydrogen-bond donors (Lipinski definition) is 0. The van der Waals surface area contributed by atoms with E-state index in [4.69, 9.17) is 0 Å². The summed E-state index contributed by atoms with van der Waals surface area (Å²) in [5.41, 5.74) is 1.98. The van der Waals surface area contributed by atoms with Gasteiger partial charge in [-0.2, -0.15) is 5.10 Å². The second kappa shape index (κ2) is 5.10. The summed E-state index contributed by atoms with van der Waals surface area (Å²) in [6, 6.07) is 6.50. The lowest BCUT2D eigenvalue weighted by molar-refractivity contribution is 0.168. The van der Waals surface area contributed by atoms with Crippen LogP contribution in [0.5, 0.6) is 0 Å². The molecule has 3 nitrogen and oxygen atoms in total. The number of aromatic nitrogens is 1. The Morgan fingerprint density at radius 1 is 1.44 bits per heavy atom. The van der Waals surface area contributed by atoms with E-state index < -0.39 is 0 Å². The third kappa shape index (κ3) is 2.60. The molecular weight excluding hydrogens is 198 g/mol. The Balaban J connectivity index is 2.11. The van der Waals surface area contributed by atoms with E-state index in [2.05, 4.69) is 22.0 Å². The molecule has 1 aliphatic heterocycles. The summed E-state index contributed by atoms with van der Waals surface area (Å²) in [5, 5.41) is 6.88. The molecule has 0 saturated carbocycles. The van der Waals surface area contributed by atoms with E-state index in [9.17, 15) is 0 Å². The highest BCUT2D eigenvalue weighted by Crippen LogP contribution is 2.17. The predicted octanol–water partition coefficient (Wildman–Crippen LogP) is 2.68. The first-order chi connectivity index (χ1) is 7.77. The second-order valence-electron chi connectivity index (χ2n) is 4.41. The van der Waals surface area contributed by atoms with Crippen molar-refractivity contribution >= 4 is 5.71 Å². The number of rotatable bonds is 2. The zero-order valence-electron chi connectivity index (χ0n) is 10.1. The minimum Gasteiger partial charge on any atom is -0.294 e. The number of piperidine rings is 1. The maximum Gasteiger partial charge on any atom is 0.0859 e. The first-order valence-electron chi connectivity index (χ1n) is 6.00. The number of nitrogens with zero attached hydrogens (tertiary/aromatic N) is 3. The van der Waals surface area contributed by atoms with Gasteiger partial charge < -0.3 is 0 Å². The van der Waals surface area contributed by atoms with Gasteiger partial charge in [-0.25, -0.2) is 0 Å². The Hall–Kier alpha value is -1.38. The van der Waals surface area contributed by atoms with Crippen molar-refractivity contribution in [2.24, 2.45) is 5.10 Å². The van der Waals surface area contributed by atoms with Crippen molar-refractivity contribution in [1.29, 1.82) is 0 Å². The van der Waals surface area contributed by atoms with E-state index in [0.717, 1.165) is 18.0 Å². The van der Waals surface area contributed by atoms with Crippen LogP contribution in [0.1, 0.15) is 38.8 Å². The third-order valence-corrected chi connectivity index (χ3v) is 3.08. The molecule has 1 fully saturated rings. The molecule has 16 heavy (non-hydrogen) atoms. The highest BCUT2D eigenvalue weighted by Gasteiger charge is 2.16. The smallest absolute Gasteiger partial charge is 0.0859 e. The van der Waals surface area contributed by atoms with Crippen molar-refractivity contribution in [3.63, 3.8) is 0 Å². The lowest BCUT2D eigenvalue weighted by Gasteiger charge is -2.31. The summed E-state index contributed by atoms with van der Waals surface area (Å²) < 4.78 is 0. The van der Waals surface area contributed by atoms with E-state index in [1.165, 1.54) is 19.3 Å². The van der Waals surface area contributed by atoms with Gasteiger partial charge in [0.25, 0.3) is 0 Å². The van der Waals surface area contributed by atoms with Crippen molar-refractivity contribution in [2.45, 2.75) is 39.2 Å². The van der Waals surface area contributed by atoms with Crippen LogP contribution in [-0.4, -0.2) is 28.3 Å². The third-order valence-electron chi connectivity index (χ3n) is 3.08. The van der Waals surface area contributed by atoms with Crippen molar-refractivity contribution in [3.8, 4) is 0 Å². The van der Waals surface area contributed by atoms with E-state index in [-0.39, 0.29) is 0 Å². The van der Waals surface area contributed by atoms with Crippen molar-refractivity contribution in [3.05, 3.63) is 30.1 Å². The maximum atomic E-state index is 4.67. The monoisotopic (exact) mass is 217 g/mol. The van der Waals surface area contributed by atoms with Crippen LogP contribution in [0.4, 0.5) is 0 Å². The van der Waals surface area contributed by atoms with Crippen LogP contribution < -0.4 is 0 Å².